The van der Waals surface area contributed by atoms with Gasteiger partial charge < -0.3 is 38.3 Å². The van der Waals surface area contributed by atoms with E-state index in [4.69, 9.17) is 18.9 Å². The molecule has 2 aromatic heterocycles. The van der Waals surface area contributed by atoms with Crippen LogP contribution >= 0.6 is 0 Å². The van der Waals surface area contributed by atoms with Gasteiger partial charge in [0.25, 0.3) is 0 Å². The van der Waals surface area contributed by atoms with Crippen molar-refractivity contribution in [3.05, 3.63) is 121 Å². The molecule has 0 aliphatic heterocycles. The predicted molar refractivity (Wildman–Crippen MR) is 206 cm³/mol. The van der Waals surface area contributed by atoms with E-state index in [0.29, 0.717) is 18.0 Å². The van der Waals surface area contributed by atoms with Crippen LogP contribution in [0.15, 0.2) is 109 Å². The molecule has 2 N–H and O–H groups in total. The molecule has 0 aliphatic carbocycles. The second-order valence-electron chi connectivity index (χ2n) is 12.5. The Morgan fingerprint density at radius 2 is 0.943 bits per heavy atom. The minimum Gasteiger partial charge on any atom is -0.508 e. The summed E-state index contributed by atoms with van der Waals surface area (Å²) in [6.07, 6.45) is 3.92. The molecule has 0 saturated heterocycles. The highest BCUT2D eigenvalue weighted by atomic mass is 16.5. The number of methoxy groups -OCH3 is 2. The summed E-state index contributed by atoms with van der Waals surface area (Å²) in [5.41, 5.74) is 7.84. The number of hydrogen-bond donors (Lipinski definition) is 2. The molecule has 0 aliphatic rings. The van der Waals surface area contributed by atoms with Crippen molar-refractivity contribution in [2.75, 3.05) is 20.8 Å². The Balaban J connectivity index is 0.000000208. The van der Waals surface area contributed by atoms with Gasteiger partial charge in [-0.2, -0.15) is 0 Å². The monoisotopic (exact) mass is 716 g/mol. The molecule has 6 rings (SSSR count). The van der Waals surface area contributed by atoms with E-state index in [1.165, 1.54) is 14.2 Å². The van der Waals surface area contributed by atoms with E-state index in [0.717, 1.165) is 56.0 Å². The van der Waals surface area contributed by atoms with E-state index in [-0.39, 0.29) is 23.6 Å². The second-order valence-corrected chi connectivity index (χ2v) is 12.5. The van der Waals surface area contributed by atoms with Gasteiger partial charge in [0, 0.05) is 48.7 Å². The molecule has 2 heterocycles. The zero-order valence-electron chi connectivity index (χ0n) is 30.9. The fourth-order valence-corrected chi connectivity index (χ4v) is 6.10. The van der Waals surface area contributed by atoms with Crippen molar-refractivity contribution < 1.29 is 38.7 Å². The van der Waals surface area contributed by atoms with Crippen LogP contribution in [0.1, 0.15) is 41.7 Å². The first-order chi connectivity index (χ1) is 25.4. The zero-order valence-corrected chi connectivity index (χ0v) is 30.9. The molecule has 0 spiro atoms. The van der Waals surface area contributed by atoms with Crippen LogP contribution in [0.2, 0.25) is 0 Å². The van der Waals surface area contributed by atoms with E-state index in [1.54, 1.807) is 60.1 Å². The van der Waals surface area contributed by atoms with Gasteiger partial charge >= 0.3 is 11.9 Å². The van der Waals surface area contributed by atoms with Crippen LogP contribution in [-0.2, 0) is 23.6 Å². The van der Waals surface area contributed by atoms with Crippen molar-refractivity contribution in [3.8, 4) is 67.5 Å². The second kappa shape index (κ2) is 16.7. The molecule has 0 unspecified atom stereocenters. The van der Waals surface area contributed by atoms with Crippen LogP contribution in [0.3, 0.4) is 0 Å². The number of hydrogen-bond acceptors (Lipinski definition) is 8. The largest absolute Gasteiger partial charge is 0.508 e. The molecule has 53 heavy (non-hydrogen) atoms. The fourth-order valence-electron chi connectivity index (χ4n) is 6.10. The molecule has 4 aromatic carbocycles. The topological polar surface area (TPSA) is 121 Å². The molecular weight excluding hydrogens is 672 g/mol. The van der Waals surface area contributed by atoms with Crippen LogP contribution in [-0.4, -0.2) is 58.2 Å². The maximum absolute atomic E-state index is 12.5. The minimum atomic E-state index is -0.439. The van der Waals surface area contributed by atoms with Crippen LogP contribution in [0.25, 0.3) is 44.5 Å². The molecule has 0 amide bonds. The molecule has 0 bridgehead atoms. The Hall–Kier alpha value is -6.42. The van der Waals surface area contributed by atoms with E-state index < -0.39 is 5.97 Å². The summed E-state index contributed by atoms with van der Waals surface area (Å²) in [5.74, 6) is 1.13. The third-order valence-corrected chi connectivity index (χ3v) is 8.45. The highest BCUT2D eigenvalue weighted by molar-refractivity contribution is 6.02. The SMILES string of the molecule is CCOc1ccc(-c2c(-c3ccc(OC(C)C)cc3)cn(C)c2C(=O)OC)cc1.COC(=O)c1c(-c2ccc(O)cc2)c(-c2ccc(O)cc2)cn1C. The summed E-state index contributed by atoms with van der Waals surface area (Å²) in [6.45, 7) is 6.55. The van der Waals surface area contributed by atoms with Gasteiger partial charge in [0.2, 0.25) is 0 Å². The lowest BCUT2D eigenvalue weighted by atomic mass is 9.96. The molecule has 0 saturated carbocycles. The molecule has 0 radical (unpaired) electrons. The number of aromatic hydroxyl groups is 2. The number of phenols is 2. The van der Waals surface area contributed by atoms with Crippen molar-refractivity contribution in [1.29, 1.82) is 0 Å². The van der Waals surface area contributed by atoms with Crippen LogP contribution in [0.4, 0.5) is 0 Å². The first-order valence-electron chi connectivity index (χ1n) is 17.1. The smallest absolute Gasteiger partial charge is 0.355 e. The Kier molecular flexibility index (Phi) is 11.9. The molecule has 10 heteroatoms. The number of carbonyl (C=O) groups excluding carboxylic acids is 2. The molecule has 274 valence electrons. The van der Waals surface area contributed by atoms with E-state index in [2.05, 4.69) is 0 Å². The van der Waals surface area contributed by atoms with Gasteiger partial charge in [-0.25, -0.2) is 9.59 Å². The third kappa shape index (κ3) is 8.56. The number of aryl methyl sites for hydroxylation is 2. The van der Waals surface area contributed by atoms with E-state index in [1.807, 2.05) is 93.3 Å². The summed E-state index contributed by atoms with van der Waals surface area (Å²) in [5, 5.41) is 19.0. The van der Waals surface area contributed by atoms with Crippen molar-refractivity contribution >= 4 is 11.9 Å². The van der Waals surface area contributed by atoms with E-state index in [9.17, 15) is 19.8 Å². The molecule has 10 nitrogen and oxygen atoms in total. The number of esters is 2. The van der Waals surface area contributed by atoms with Gasteiger partial charge in [0.1, 0.15) is 34.4 Å². The minimum absolute atomic E-state index is 0.114. The lowest BCUT2D eigenvalue weighted by molar-refractivity contribution is 0.0582. The average Bonchev–Trinajstić information content (AvgIpc) is 3.69. The number of benzene rings is 4. The standard InChI is InChI=1S/C24H27NO4.C19H17NO4/c1-6-28-19-11-9-18(10-12-19)22-21(15-25(4)23(22)24(26)27-5)17-7-13-20(14-8-17)29-16(2)3;1-20-11-16(12-3-7-14(21)8-4-12)17(18(20)19(23)24-2)13-5-9-15(22)10-6-13/h7-16H,6H2,1-5H3;3-11,21-22H,1-2H3. The number of rotatable bonds is 10. The Morgan fingerprint density at radius 3 is 1.32 bits per heavy atom. The van der Waals surface area contributed by atoms with Crippen molar-refractivity contribution in [1.82, 2.24) is 9.13 Å². The van der Waals surface area contributed by atoms with Gasteiger partial charge in [-0.3, -0.25) is 0 Å². The lowest BCUT2D eigenvalue weighted by Crippen LogP contribution is -2.08. The van der Waals surface area contributed by atoms with Crippen molar-refractivity contribution in [3.63, 3.8) is 0 Å². The summed E-state index contributed by atoms with van der Waals surface area (Å²) in [4.78, 5) is 24.8. The normalized spacial score (nSPS) is 10.7. The number of carbonyl (C=O) groups is 2. The quantitative estimate of drug-likeness (QED) is 0.135. The average molecular weight is 717 g/mol. The van der Waals surface area contributed by atoms with E-state index >= 15 is 0 Å². The van der Waals surface area contributed by atoms with Crippen LogP contribution in [0, 0.1) is 0 Å². The maximum atomic E-state index is 12.5. The Bertz CT molecular complexity index is 2160. The summed E-state index contributed by atoms with van der Waals surface area (Å²) >= 11 is 0. The number of nitrogens with zero attached hydrogens (tertiary/aromatic N) is 2. The first kappa shape index (κ1) is 37.8. The molecular formula is C43H44N2O8. The molecule has 0 atom stereocenters. The highest BCUT2D eigenvalue weighted by Crippen LogP contribution is 2.39. The molecule has 0 fully saturated rings. The van der Waals surface area contributed by atoms with Crippen molar-refractivity contribution in [2.24, 2.45) is 14.1 Å². The number of phenolic OH excluding ortho intramolecular Hbond substituents is 2. The third-order valence-electron chi connectivity index (χ3n) is 8.45. The van der Waals surface area contributed by atoms with Gasteiger partial charge in [0.05, 0.1) is 26.9 Å². The predicted octanol–water partition coefficient (Wildman–Crippen LogP) is 8.89. The van der Waals surface area contributed by atoms with Gasteiger partial charge in [0.15, 0.2) is 0 Å². The van der Waals surface area contributed by atoms with Gasteiger partial charge in [-0.15, -0.1) is 0 Å². The van der Waals surface area contributed by atoms with Gasteiger partial charge in [-0.1, -0.05) is 48.5 Å². The summed E-state index contributed by atoms with van der Waals surface area (Å²) in [6, 6.07) is 29.1. The number of ether oxygens (including phenoxy) is 4. The van der Waals surface area contributed by atoms with Crippen molar-refractivity contribution in [2.45, 2.75) is 26.9 Å². The Morgan fingerprint density at radius 1 is 0.585 bits per heavy atom. The molecule has 6 aromatic rings. The zero-order chi connectivity index (χ0) is 38.2. The highest BCUT2D eigenvalue weighted by Gasteiger charge is 2.24. The maximum Gasteiger partial charge on any atom is 0.355 e. The lowest BCUT2D eigenvalue weighted by Gasteiger charge is -2.11. The van der Waals surface area contributed by atoms with Gasteiger partial charge in [-0.05, 0) is 91.6 Å². The summed E-state index contributed by atoms with van der Waals surface area (Å²) < 4.78 is 24.8. The van der Waals surface area contributed by atoms with Crippen LogP contribution < -0.4 is 9.47 Å². The fraction of sp³-hybridized carbons (Fsp3) is 0.209. The Labute approximate surface area is 309 Å². The first-order valence-corrected chi connectivity index (χ1v) is 17.1. The number of aromatic nitrogens is 2. The summed E-state index contributed by atoms with van der Waals surface area (Å²) in [7, 11) is 6.37. The van der Waals surface area contributed by atoms with Crippen LogP contribution in [0.5, 0.6) is 23.0 Å².